The average molecular weight is 931 g/mol. The number of anilines is 2. The highest BCUT2D eigenvalue weighted by Gasteiger charge is 2.39. The van der Waals surface area contributed by atoms with Gasteiger partial charge in [-0.1, -0.05) is 31.8 Å². The van der Waals surface area contributed by atoms with E-state index < -0.39 is 75.7 Å². The van der Waals surface area contributed by atoms with E-state index in [2.05, 4.69) is 40.9 Å². The summed E-state index contributed by atoms with van der Waals surface area (Å²) in [6.45, 7) is 13.7. The van der Waals surface area contributed by atoms with Gasteiger partial charge in [0.05, 0.1) is 28.9 Å². The summed E-state index contributed by atoms with van der Waals surface area (Å²) in [5, 5.41) is 40.5. The summed E-state index contributed by atoms with van der Waals surface area (Å²) >= 11 is 0. The number of carbonyl (C=O) groups is 6. The van der Waals surface area contributed by atoms with Crippen LogP contribution in [0.15, 0.2) is 78.9 Å². The van der Waals surface area contributed by atoms with Gasteiger partial charge in [0.15, 0.2) is 0 Å². The summed E-state index contributed by atoms with van der Waals surface area (Å²) in [6, 6.07) is 20.3. The summed E-state index contributed by atoms with van der Waals surface area (Å²) in [5.74, 6) is -4.83. The zero-order valence-electron chi connectivity index (χ0n) is 37.5. The topological polar surface area (TPSA) is 248 Å². The highest BCUT2D eigenvalue weighted by Crippen LogP contribution is 2.27. The fourth-order valence-corrected chi connectivity index (χ4v) is 10.5. The molecule has 0 aliphatic carbocycles. The molecule has 0 heterocycles. The van der Waals surface area contributed by atoms with E-state index in [0.29, 0.717) is 68.0 Å². The second-order valence-corrected chi connectivity index (χ2v) is 24.3. The fraction of sp³-hybridized carbons (Fsp3) is 0.348. The Morgan fingerprint density at radius 3 is 1.45 bits per heavy atom. The van der Waals surface area contributed by atoms with Crippen molar-refractivity contribution in [2.24, 2.45) is 0 Å². The maximum absolute atomic E-state index is 13.4. The van der Waals surface area contributed by atoms with Gasteiger partial charge in [-0.25, -0.2) is 9.59 Å². The molecule has 0 unspecified atom stereocenters. The van der Waals surface area contributed by atoms with Crippen LogP contribution in [0.1, 0.15) is 101 Å². The van der Waals surface area contributed by atoms with E-state index in [-0.39, 0.29) is 28.9 Å². The molecule has 0 aliphatic rings. The predicted octanol–water partition coefficient (Wildman–Crippen LogP) is 7.50. The molecule has 0 radical (unpaired) electrons. The number of aromatic carboxylic acids is 2. The minimum Gasteiger partial charge on any atom is -0.478 e. The number of carboxylic acids is 2. The number of aliphatic hydroxyl groups excluding tert-OH is 1. The lowest BCUT2D eigenvalue weighted by atomic mass is 9.96. The number of ether oxygens (including phenoxy) is 1. The van der Waals surface area contributed by atoms with Gasteiger partial charge in [-0.3, -0.25) is 19.2 Å². The Morgan fingerprint density at radius 2 is 0.985 bits per heavy atom. The Kier molecular flexibility index (Phi) is 19.1. The smallest absolute Gasteiger partial charge is 0.478 e. The van der Waals surface area contributed by atoms with E-state index in [4.69, 9.17) is 18.0 Å². The number of carbonyl (C=O) groups excluding carboxylic acids is 4. The number of benzene rings is 4. The average Bonchev–Trinajstić information content (AvgIpc) is 3.27. The number of rotatable bonds is 25. The molecule has 0 saturated carbocycles. The molecule has 348 valence electrons. The summed E-state index contributed by atoms with van der Waals surface area (Å²) < 4.78 is 23.6. The molecule has 0 fully saturated rings. The lowest BCUT2D eigenvalue weighted by molar-refractivity contribution is 0.0683. The van der Waals surface area contributed by atoms with Gasteiger partial charge in [0.25, 0.3) is 23.6 Å². The molecule has 4 amide bonds. The van der Waals surface area contributed by atoms with Crippen molar-refractivity contribution in [2.75, 3.05) is 43.5 Å². The molecule has 7 N–H and O–H groups in total. The van der Waals surface area contributed by atoms with Crippen LogP contribution in [0.2, 0.25) is 31.7 Å². The first-order chi connectivity index (χ1) is 30.9. The largest absolute Gasteiger partial charge is 0.500 e. The lowest BCUT2D eigenvalue weighted by Gasteiger charge is -2.28. The van der Waals surface area contributed by atoms with E-state index >= 15 is 0 Å². The van der Waals surface area contributed by atoms with Crippen LogP contribution in [-0.4, -0.2) is 101 Å². The summed E-state index contributed by atoms with van der Waals surface area (Å²) in [6.07, 6.45) is 1.22. The first-order valence-electron chi connectivity index (χ1n) is 21.3. The van der Waals surface area contributed by atoms with E-state index in [9.17, 15) is 44.1 Å². The van der Waals surface area contributed by atoms with Gasteiger partial charge in [-0.05, 0) is 112 Å². The van der Waals surface area contributed by atoms with Crippen molar-refractivity contribution in [3.63, 3.8) is 0 Å². The van der Waals surface area contributed by atoms with Crippen molar-refractivity contribution in [3.8, 4) is 11.5 Å². The molecular formula is C46H58N4O13Si2. The van der Waals surface area contributed by atoms with E-state index in [1.165, 1.54) is 30.3 Å². The third kappa shape index (κ3) is 15.2. The Morgan fingerprint density at radius 1 is 0.538 bits per heavy atom. The summed E-state index contributed by atoms with van der Waals surface area (Å²) in [5.41, 5.74) is -0.461. The van der Waals surface area contributed by atoms with Crippen molar-refractivity contribution in [1.29, 1.82) is 0 Å². The van der Waals surface area contributed by atoms with Crippen molar-refractivity contribution in [2.45, 2.75) is 71.9 Å². The second kappa shape index (κ2) is 24.2. The van der Waals surface area contributed by atoms with Crippen molar-refractivity contribution < 1.29 is 62.1 Å². The highest BCUT2D eigenvalue weighted by atomic mass is 28.4. The van der Waals surface area contributed by atoms with Gasteiger partial charge < -0.3 is 54.6 Å². The SMILES string of the molecule is CCO[Si](CCCNC(=O)c1cc(C(=O)Nc2ccc(Oc3ccc(NC(=O)c4cc(C(=O)NCCC[Si](C)(C)C)c(C(=O)O)cc4C(=O)O)cc3)cc2)ccc1CO)(OCC)OCC. The van der Waals surface area contributed by atoms with Crippen LogP contribution >= 0.6 is 0 Å². The zero-order valence-corrected chi connectivity index (χ0v) is 39.5. The third-order valence-corrected chi connectivity index (χ3v) is 14.8. The lowest BCUT2D eigenvalue weighted by Crippen LogP contribution is -2.46. The molecule has 0 aliphatic heterocycles. The van der Waals surface area contributed by atoms with Crippen LogP contribution in [-0.2, 0) is 19.9 Å². The Balaban J connectivity index is 1.37. The number of hydrogen-bond acceptors (Lipinski definition) is 11. The molecule has 4 aromatic rings. The molecule has 0 spiro atoms. The molecule has 4 aromatic carbocycles. The van der Waals surface area contributed by atoms with Crippen LogP contribution in [0, 0.1) is 0 Å². The van der Waals surface area contributed by atoms with Gasteiger partial charge in [0, 0.05) is 69.5 Å². The van der Waals surface area contributed by atoms with Crippen molar-refractivity contribution in [1.82, 2.24) is 10.6 Å². The molecule has 4 rings (SSSR count). The van der Waals surface area contributed by atoms with Crippen molar-refractivity contribution in [3.05, 3.63) is 118 Å². The number of hydrogen-bond donors (Lipinski definition) is 7. The maximum Gasteiger partial charge on any atom is 0.500 e. The van der Waals surface area contributed by atoms with Crippen LogP contribution in [0.3, 0.4) is 0 Å². The Bertz CT molecular complexity index is 2300. The molecule has 65 heavy (non-hydrogen) atoms. The van der Waals surface area contributed by atoms with Crippen LogP contribution in [0.4, 0.5) is 11.4 Å². The molecular weight excluding hydrogens is 873 g/mol. The molecule has 0 atom stereocenters. The van der Waals surface area contributed by atoms with Crippen LogP contribution < -0.4 is 26.0 Å². The van der Waals surface area contributed by atoms with Gasteiger partial charge in [-0.2, -0.15) is 0 Å². The normalized spacial score (nSPS) is 11.4. The minimum atomic E-state index is -2.88. The fourth-order valence-electron chi connectivity index (χ4n) is 6.67. The molecule has 17 nitrogen and oxygen atoms in total. The van der Waals surface area contributed by atoms with Gasteiger partial charge in [0.1, 0.15) is 11.5 Å². The molecule has 0 bridgehead atoms. The summed E-state index contributed by atoms with van der Waals surface area (Å²) in [4.78, 5) is 77.1. The number of aliphatic hydroxyl groups is 1. The highest BCUT2D eigenvalue weighted by molar-refractivity contribution is 6.76. The predicted molar refractivity (Wildman–Crippen MR) is 249 cm³/mol. The monoisotopic (exact) mass is 930 g/mol. The number of carboxylic acid groups (broad SMARTS) is 2. The molecule has 19 heteroatoms. The van der Waals surface area contributed by atoms with Gasteiger partial charge in [-0.15, -0.1) is 0 Å². The molecule has 0 aromatic heterocycles. The Hall–Kier alpha value is -6.23. The van der Waals surface area contributed by atoms with Gasteiger partial charge in [0.2, 0.25) is 0 Å². The first kappa shape index (κ1) is 51.4. The minimum absolute atomic E-state index is 0.161. The Labute approximate surface area is 380 Å². The first-order valence-corrected chi connectivity index (χ1v) is 26.9. The van der Waals surface area contributed by atoms with E-state index in [0.717, 1.165) is 18.2 Å². The quantitative estimate of drug-likeness (QED) is 0.0252. The standard InChI is InChI=1S/C46H58N4O13Si2/c1-7-60-65(61-8-2,62-9-3)25-11-23-47-42(53)36-26-30(12-13-31(36)29-51)41(52)49-32-14-18-34(19-15-32)63-35-20-16-33(17-21-35)50-44(55)38-27-37(39(45(56)57)28-40(38)46(58)59)43(54)48-22-10-24-64(4,5)6/h12-21,26-28,51H,7-11,22-25,29H2,1-6H3,(H,47,53)(H,48,54)(H,49,52)(H,50,55)(H,56,57)(H,58,59). The van der Waals surface area contributed by atoms with Crippen molar-refractivity contribution >= 4 is 63.8 Å². The number of nitrogens with one attached hydrogen (secondary N) is 4. The van der Waals surface area contributed by atoms with Gasteiger partial charge >= 0.3 is 20.7 Å². The van der Waals surface area contributed by atoms with Crippen LogP contribution in [0.5, 0.6) is 11.5 Å². The maximum atomic E-state index is 13.4. The number of amides is 4. The summed E-state index contributed by atoms with van der Waals surface area (Å²) in [7, 11) is -4.26. The second-order valence-electron chi connectivity index (χ2n) is 15.9. The molecule has 0 saturated heterocycles. The van der Waals surface area contributed by atoms with E-state index in [1.54, 1.807) is 36.4 Å². The van der Waals surface area contributed by atoms with Crippen LogP contribution in [0.25, 0.3) is 0 Å². The zero-order chi connectivity index (χ0) is 47.7. The van der Waals surface area contributed by atoms with E-state index in [1.807, 2.05) is 20.8 Å². The third-order valence-electron chi connectivity index (χ3n) is 9.78.